The molecule has 8 heteroatoms. The van der Waals surface area contributed by atoms with Gasteiger partial charge in [0.25, 0.3) is 0 Å². The predicted molar refractivity (Wildman–Crippen MR) is 127 cm³/mol. The average molecular weight is 448 g/mol. The minimum absolute atomic E-state index is 0.138. The first-order chi connectivity index (χ1) is 15.5. The maximum atomic E-state index is 11.6. The van der Waals surface area contributed by atoms with Gasteiger partial charge in [-0.1, -0.05) is 12.1 Å². The van der Waals surface area contributed by atoms with E-state index < -0.39 is 0 Å². The van der Waals surface area contributed by atoms with Crippen LogP contribution in [0.5, 0.6) is 0 Å². The van der Waals surface area contributed by atoms with Crippen LogP contribution >= 0.6 is 11.8 Å². The average Bonchev–Trinajstić information content (AvgIpc) is 3.48. The van der Waals surface area contributed by atoms with Gasteiger partial charge in [0.2, 0.25) is 5.91 Å². The molecule has 7 nitrogen and oxygen atoms in total. The van der Waals surface area contributed by atoms with Crippen molar-refractivity contribution in [1.82, 2.24) is 19.7 Å². The van der Waals surface area contributed by atoms with Crippen LogP contribution in [0.4, 0.5) is 5.82 Å². The van der Waals surface area contributed by atoms with Crippen LogP contribution in [-0.2, 0) is 4.79 Å². The highest BCUT2D eigenvalue weighted by Gasteiger charge is 2.23. The molecule has 4 aromatic rings. The summed E-state index contributed by atoms with van der Waals surface area (Å²) in [5, 5.41) is 5.54. The molecule has 32 heavy (non-hydrogen) atoms. The van der Waals surface area contributed by atoms with Gasteiger partial charge in [0, 0.05) is 59.4 Å². The number of nitrogen functional groups attached to an aromatic ring is 1. The molecule has 3 aromatic heterocycles. The molecule has 0 radical (unpaired) electrons. The zero-order valence-corrected chi connectivity index (χ0v) is 18.9. The Morgan fingerprint density at radius 2 is 1.91 bits per heavy atom. The van der Waals surface area contributed by atoms with Crippen molar-refractivity contribution in [2.24, 2.45) is 0 Å². The lowest BCUT2D eigenvalue weighted by Crippen LogP contribution is -2.37. The first-order valence-electron chi connectivity index (χ1n) is 10.7. The fourth-order valence-electron chi connectivity index (χ4n) is 4.29. The molecule has 1 amide bonds. The monoisotopic (exact) mass is 447 g/mol. The zero-order valence-electron chi connectivity index (χ0n) is 18.1. The van der Waals surface area contributed by atoms with Gasteiger partial charge in [0.05, 0.1) is 12.2 Å². The summed E-state index contributed by atoms with van der Waals surface area (Å²) in [5.41, 5.74) is 9.64. The number of carbonyl (C=O) groups is 1. The fraction of sp³-hybridized carbons (Fsp3) is 0.292. The van der Waals surface area contributed by atoms with E-state index in [1.54, 1.807) is 24.9 Å². The second-order valence-corrected chi connectivity index (χ2v) is 8.96. The summed E-state index contributed by atoms with van der Waals surface area (Å²) in [5.74, 6) is 1.27. The molecule has 0 unspecified atom stereocenters. The topological polar surface area (TPSA) is 90.2 Å². The molecule has 0 aliphatic carbocycles. The number of hydrogen-bond donors (Lipinski definition) is 1. The van der Waals surface area contributed by atoms with Crippen LogP contribution < -0.4 is 5.73 Å². The van der Waals surface area contributed by atoms with Gasteiger partial charge in [-0.15, -0.1) is 11.8 Å². The number of thioether (sulfide) groups is 1. The Balaban J connectivity index is 1.46. The van der Waals surface area contributed by atoms with Crippen molar-refractivity contribution >= 4 is 34.5 Å². The Morgan fingerprint density at radius 1 is 1.16 bits per heavy atom. The Kier molecular flexibility index (Phi) is 5.38. The van der Waals surface area contributed by atoms with Crippen molar-refractivity contribution in [2.45, 2.75) is 30.7 Å². The van der Waals surface area contributed by atoms with Crippen molar-refractivity contribution in [3.8, 4) is 22.5 Å². The van der Waals surface area contributed by atoms with E-state index in [4.69, 9.17) is 10.2 Å². The van der Waals surface area contributed by atoms with Crippen molar-refractivity contribution in [3.05, 3.63) is 48.9 Å². The van der Waals surface area contributed by atoms with E-state index in [0.717, 1.165) is 53.8 Å². The number of aromatic nitrogens is 3. The van der Waals surface area contributed by atoms with Crippen LogP contribution in [0.15, 0.2) is 58.2 Å². The van der Waals surface area contributed by atoms with Crippen molar-refractivity contribution < 1.29 is 9.21 Å². The van der Waals surface area contributed by atoms with Crippen LogP contribution in [0.2, 0.25) is 0 Å². The molecular formula is C24H25N5O2S. The molecule has 1 fully saturated rings. The molecular weight excluding hydrogens is 422 g/mol. The van der Waals surface area contributed by atoms with E-state index in [9.17, 15) is 4.79 Å². The SMILES string of the molecule is CSc1ccc(-c2cc3c(-c4cnn(C5CCN(C(C)=O)CC5)c4)cnc(N)c3o2)cc1. The minimum atomic E-state index is 0.138. The Morgan fingerprint density at radius 3 is 2.59 bits per heavy atom. The molecule has 4 heterocycles. The highest BCUT2D eigenvalue weighted by atomic mass is 32.2. The third-order valence-corrected chi connectivity index (χ3v) is 6.90. The predicted octanol–water partition coefficient (Wildman–Crippen LogP) is 4.85. The van der Waals surface area contributed by atoms with Crippen molar-refractivity contribution in [2.75, 3.05) is 25.1 Å². The molecule has 2 N–H and O–H groups in total. The summed E-state index contributed by atoms with van der Waals surface area (Å²) in [7, 11) is 0. The first kappa shape index (κ1) is 20.6. The summed E-state index contributed by atoms with van der Waals surface area (Å²) in [6.45, 7) is 3.16. The highest BCUT2D eigenvalue weighted by molar-refractivity contribution is 7.98. The first-order valence-corrected chi connectivity index (χ1v) is 11.9. The van der Waals surface area contributed by atoms with Crippen LogP contribution in [0, 0.1) is 0 Å². The minimum Gasteiger partial charge on any atom is -0.452 e. The summed E-state index contributed by atoms with van der Waals surface area (Å²) < 4.78 is 8.13. The number of hydrogen-bond acceptors (Lipinski definition) is 6. The summed E-state index contributed by atoms with van der Waals surface area (Å²) in [6, 6.07) is 10.6. The number of nitrogens with two attached hydrogens (primary N) is 1. The molecule has 5 rings (SSSR count). The van der Waals surface area contributed by atoms with Crippen LogP contribution in [0.25, 0.3) is 33.4 Å². The number of fused-ring (bicyclic) bond motifs is 1. The third-order valence-electron chi connectivity index (χ3n) is 6.16. The molecule has 164 valence electrons. The summed E-state index contributed by atoms with van der Waals surface area (Å²) in [6.07, 6.45) is 9.57. The van der Waals surface area contributed by atoms with Gasteiger partial charge in [-0.3, -0.25) is 9.48 Å². The Hall–Kier alpha value is -3.26. The lowest BCUT2D eigenvalue weighted by Gasteiger charge is -2.31. The highest BCUT2D eigenvalue weighted by Crippen LogP contribution is 2.37. The number of rotatable bonds is 4. The van der Waals surface area contributed by atoms with E-state index in [-0.39, 0.29) is 11.9 Å². The molecule has 1 saturated heterocycles. The van der Waals surface area contributed by atoms with Gasteiger partial charge in [-0.2, -0.15) is 5.10 Å². The van der Waals surface area contributed by atoms with Gasteiger partial charge < -0.3 is 15.1 Å². The number of carbonyl (C=O) groups excluding carboxylic acids is 1. The lowest BCUT2D eigenvalue weighted by atomic mass is 10.0. The van der Waals surface area contributed by atoms with E-state index in [2.05, 4.69) is 46.8 Å². The normalized spacial score (nSPS) is 14.9. The zero-order chi connectivity index (χ0) is 22.2. The van der Waals surface area contributed by atoms with Gasteiger partial charge in [-0.25, -0.2) is 4.98 Å². The largest absolute Gasteiger partial charge is 0.452 e. The van der Waals surface area contributed by atoms with E-state index in [1.165, 1.54) is 4.90 Å². The number of furan rings is 1. The molecule has 0 atom stereocenters. The molecule has 0 spiro atoms. The number of amides is 1. The van der Waals surface area contributed by atoms with Crippen LogP contribution in [-0.4, -0.2) is 44.9 Å². The number of pyridine rings is 1. The maximum Gasteiger partial charge on any atom is 0.219 e. The number of piperidine rings is 1. The second-order valence-electron chi connectivity index (χ2n) is 8.09. The smallest absolute Gasteiger partial charge is 0.219 e. The molecule has 1 aliphatic rings. The standard InChI is InChI=1S/C24H25N5O2S/c1-15(30)28-9-7-18(8-10-28)29-14-17(12-27-29)21-13-26-24(25)23-20(21)11-22(31-23)16-3-5-19(32-2)6-4-16/h3-6,11-14,18H,7-10H2,1-2H3,(H2,25,26). The maximum absolute atomic E-state index is 11.6. The van der Waals surface area contributed by atoms with Crippen molar-refractivity contribution in [1.29, 1.82) is 0 Å². The van der Waals surface area contributed by atoms with E-state index in [1.807, 2.05) is 21.8 Å². The molecule has 0 bridgehead atoms. The Labute approximate surface area is 190 Å². The van der Waals surface area contributed by atoms with Crippen molar-refractivity contribution in [3.63, 3.8) is 0 Å². The Bertz CT molecular complexity index is 1270. The van der Waals surface area contributed by atoms with Gasteiger partial charge in [-0.05, 0) is 37.3 Å². The third kappa shape index (κ3) is 3.75. The summed E-state index contributed by atoms with van der Waals surface area (Å²) in [4.78, 5) is 19.1. The van der Waals surface area contributed by atoms with Gasteiger partial charge in [0.15, 0.2) is 11.4 Å². The van der Waals surface area contributed by atoms with Crippen LogP contribution in [0.1, 0.15) is 25.8 Å². The lowest BCUT2D eigenvalue weighted by molar-refractivity contribution is -0.130. The quantitative estimate of drug-likeness (QED) is 0.450. The molecule has 0 saturated carbocycles. The van der Waals surface area contributed by atoms with E-state index in [0.29, 0.717) is 11.4 Å². The number of anilines is 1. The fourth-order valence-corrected chi connectivity index (χ4v) is 4.70. The number of likely N-dealkylation sites (tertiary alicyclic amines) is 1. The number of benzene rings is 1. The summed E-state index contributed by atoms with van der Waals surface area (Å²) >= 11 is 1.71. The molecule has 1 aromatic carbocycles. The van der Waals surface area contributed by atoms with Gasteiger partial charge >= 0.3 is 0 Å². The second kappa shape index (κ2) is 8.35. The van der Waals surface area contributed by atoms with Crippen LogP contribution in [0.3, 0.4) is 0 Å². The van der Waals surface area contributed by atoms with E-state index >= 15 is 0 Å². The number of nitrogens with zero attached hydrogens (tertiary/aromatic N) is 4. The molecule has 1 aliphatic heterocycles. The van der Waals surface area contributed by atoms with Gasteiger partial charge in [0.1, 0.15) is 5.76 Å².